The SMILES string of the molecule is CC(C)(CCN)CCC(=O)OCCc1cccs1. The highest BCUT2D eigenvalue weighted by atomic mass is 32.1. The fraction of sp³-hybridized carbons (Fsp3) is 0.643. The second-order valence-corrected chi connectivity index (χ2v) is 6.28. The van der Waals surface area contributed by atoms with Gasteiger partial charge in [0, 0.05) is 17.7 Å². The van der Waals surface area contributed by atoms with Crippen LogP contribution in [0.15, 0.2) is 17.5 Å². The lowest BCUT2D eigenvalue weighted by Crippen LogP contribution is -2.19. The van der Waals surface area contributed by atoms with Gasteiger partial charge >= 0.3 is 5.97 Å². The summed E-state index contributed by atoms with van der Waals surface area (Å²) >= 11 is 1.69. The quantitative estimate of drug-likeness (QED) is 0.738. The number of rotatable bonds is 8. The van der Waals surface area contributed by atoms with E-state index < -0.39 is 0 Å². The van der Waals surface area contributed by atoms with Crippen molar-refractivity contribution in [3.63, 3.8) is 0 Å². The maximum Gasteiger partial charge on any atom is 0.305 e. The molecule has 0 saturated heterocycles. The van der Waals surface area contributed by atoms with Crippen LogP contribution >= 0.6 is 11.3 Å². The highest BCUT2D eigenvalue weighted by molar-refractivity contribution is 7.09. The third-order valence-corrected chi connectivity index (χ3v) is 3.95. The molecule has 1 heterocycles. The van der Waals surface area contributed by atoms with Crippen LogP contribution in [0.3, 0.4) is 0 Å². The first-order chi connectivity index (χ1) is 8.53. The first-order valence-corrected chi connectivity index (χ1v) is 7.29. The smallest absolute Gasteiger partial charge is 0.305 e. The normalized spacial score (nSPS) is 11.5. The molecule has 0 aliphatic rings. The van der Waals surface area contributed by atoms with Gasteiger partial charge in [-0.3, -0.25) is 4.79 Å². The van der Waals surface area contributed by atoms with Crippen molar-refractivity contribution in [1.82, 2.24) is 0 Å². The minimum absolute atomic E-state index is 0.100. The molecule has 0 atom stereocenters. The van der Waals surface area contributed by atoms with Gasteiger partial charge in [0.2, 0.25) is 0 Å². The summed E-state index contributed by atoms with van der Waals surface area (Å²) in [6, 6.07) is 4.07. The van der Waals surface area contributed by atoms with Crippen molar-refractivity contribution in [1.29, 1.82) is 0 Å². The van der Waals surface area contributed by atoms with E-state index >= 15 is 0 Å². The number of hydrogen-bond acceptors (Lipinski definition) is 4. The molecule has 0 fully saturated rings. The Balaban J connectivity index is 2.14. The average Bonchev–Trinajstić information content (AvgIpc) is 2.79. The Labute approximate surface area is 113 Å². The number of thiophene rings is 1. The third kappa shape index (κ3) is 6.17. The summed E-state index contributed by atoms with van der Waals surface area (Å²) in [4.78, 5) is 12.8. The molecular formula is C14H23NO2S. The topological polar surface area (TPSA) is 52.3 Å². The van der Waals surface area contributed by atoms with Crippen molar-refractivity contribution in [3.8, 4) is 0 Å². The highest BCUT2D eigenvalue weighted by Crippen LogP contribution is 2.25. The number of carbonyl (C=O) groups is 1. The van der Waals surface area contributed by atoms with Crippen molar-refractivity contribution >= 4 is 17.3 Å². The van der Waals surface area contributed by atoms with Crippen LogP contribution in [0, 0.1) is 5.41 Å². The average molecular weight is 269 g/mol. The Morgan fingerprint density at radius 2 is 2.22 bits per heavy atom. The van der Waals surface area contributed by atoms with Crippen molar-refractivity contribution < 1.29 is 9.53 Å². The number of carbonyl (C=O) groups excluding carboxylic acids is 1. The molecule has 4 heteroatoms. The Bertz CT molecular complexity index is 347. The fourth-order valence-electron chi connectivity index (χ4n) is 1.75. The van der Waals surface area contributed by atoms with Crippen molar-refractivity contribution in [2.45, 2.75) is 39.5 Å². The predicted octanol–water partition coefficient (Wildman–Crippen LogP) is 2.99. The summed E-state index contributed by atoms with van der Waals surface area (Å²) in [5.41, 5.74) is 5.67. The molecule has 18 heavy (non-hydrogen) atoms. The van der Waals surface area contributed by atoms with Gasteiger partial charge < -0.3 is 10.5 Å². The molecule has 0 aromatic carbocycles. The lowest BCUT2D eigenvalue weighted by Gasteiger charge is -2.23. The number of hydrogen-bond donors (Lipinski definition) is 1. The van der Waals surface area contributed by atoms with E-state index in [0.717, 1.165) is 19.3 Å². The molecule has 1 rings (SSSR count). The van der Waals surface area contributed by atoms with E-state index in [1.807, 2.05) is 11.4 Å². The maximum atomic E-state index is 11.6. The van der Waals surface area contributed by atoms with E-state index in [9.17, 15) is 4.79 Å². The summed E-state index contributed by atoms with van der Waals surface area (Å²) in [7, 11) is 0. The minimum atomic E-state index is -0.100. The van der Waals surface area contributed by atoms with E-state index in [4.69, 9.17) is 10.5 Å². The molecular weight excluding hydrogens is 246 g/mol. The van der Waals surface area contributed by atoms with Crippen LogP contribution in [0.5, 0.6) is 0 Å². The second kappa shape index (κ2) is 7.54. The van der Waals surface area contributed by atoms with E-state index in [0.29, 0.717) is 19.6 Å². The molecule has 0 saturated carbocycles. The Morgan fingerprint density at radius 1 is 1.44 bits per heavy atom. The van der Waals surface area contributed by atoms with E-state index in [1.54, 1.807) is 11.3 Å². The lowest BCUT2D eigenvalue weighted by atomic mass is 9.84. The maximum absolute atomic E-state index is 11.6. The summed E-state index contributed by atoms with van der Waals surface area (Å²) in [5.74, 6) is -0.100. The van der Waals surface area contributed by atoms with Crippen LogP contribution in [0.2, 0.25) is 0 Å². The van der Waals surface area contributed by atoms with Gasteiger partial charge in [-0.1, -0.05) is 19.9 Å². The molecule has 0 aliphatic heterocycles. The first kappa shape index (κ1) is 15.2. The van der Waals surface area contributed by atoms with Gasteiger partial charge in [0.25, 0.3) is 0 Å². The lowest BCUT2D eigenvalue weighted by molar-refractivity contribution is -0.144. The van der Waals surface area contributed by atoms with E-state index in [-0.39, 0.29) is 11.4 Å². The molecule has 0 radical (unpaired) electrons. The molecule has 3 nitrogen and oxygen atoms in total. The van der Waals surface area contributed by atoms with Crippen LogP contribution in [0.4, 0.5) is 0 Å². The molecule has 0 aliphatic carbocycles. The van der Waals surface area contributed by atoms with Crippen molar-refractivity contribution in [2.24, 2.45) is 11.1 Å². The molecule has 1 aromatic rings. The largest absolute Gasteiger partial charge is 0.465 e. The monoisotopic (exact) mass is 269 g/mol. The Kier molecular flexibility index (Phi) is 6.36. The van der Waals surface area contributed by atoms with Crippen LogP contribution in [-0.4, -0.2) is 19.1 Å². The molecule has 0 amide bonds. The highest BCUT2D eigenvalue weighted by Gasteiger charge is 2.18. The van der Waals surface area contributed by atoms with Gasteiger partial charge in [0.1, 0.15) is 0 Å². The second-order valence-electron chi connectivity index (χ2n) is 5.25. The van der Waals surface area contributed by atoms with Gasteiger partial charge in [-0.15, -0.1) is 11.3 Å². The molecule has 0 spiro atoms. The minimum Gasteiger partial charge on any atom is -0.465 e. The molecule has 102 valence electrons. The van der Waals surface area contributed by atoms with E-state index in [1.165, 1.54) is 4.88 Å². The zero-order valence-electron chi connectivity index (χ0n) is 11.3. The standard InChI is InChI=1S/C14H23NO2S/c1-14(2,8-9-15)7-5-13(16)17-10-6-12-4-3-11-18-12/h3-4,11H,5-10,15H2,1-2H3. The summed E-state index contributed by atoms with van der Waals surface area (Å²) in [6.45, 7) is 5.43. The molecule has 1 aromatic heterocycles. The van der Waals surface area contributed by atoms with Crippen LogP contribution in [0.1, 0.15) is 38.0 Å². The predicted molar refractivity (Wildman–Crippen MR) is 75.7 cm³/mol. The van der Waals surface area contributed by atoms with E-state index in [2.05, 4.69) is 19.9 Å². The van der Waals surface area contributed by atoms with Gasteiger partial charge in [0.05, 0.1) is 6.61 Å². The number of esters is 1. The van der Waals surface area contributed by atoms with Gasteiger partial charge in [-0.25, -0.2) is 0 Å². The van der Waals surface area contributed by atoms with Gasteiger partial charge in [0.15, 0.2) is 0 Å². The van der Waals surface area contributed by atoms with Gasteiger partial charge in [-0.05, 0) is 36.2 Å². The summed E-state index contributed by atoms with van der Waals surface area (Å²) in [5, 5.41) is 2.03. The zero-order chi connectivity index (χ0) is 13.4. The third-order valence-electron chi connectivity index (χ3n) is 3.02. The number of nitrogens with two attached hydrogens (primary N) is 1. The molecule has 0 bridgehead atoms. The van der Waals surface area contributed by atoms with Crippen LogP contribution in [-0.2, 0) is 16.0 Å². The molecule has 0 unspecified atom stereocenters. The Morgan fingerprint density at radius 3 is 2.83 bits per heavy atom. The van der Waals surface area contributed by atoms with Gasteiger partial charge in [-0.2, -0.15) is 0 Å². The van der Waals surface area contributed by atoms with Crippen molar-refractivity contribution in [2.75, 3.05) is 13.2 Å². The van der Waals surface area contributed by atoms with Crippen LogP contribution < -0.4 is 5.73 Å². The fourth-order valence-corrected chi connectivity index (χ4v) is 2.44. The van der Waals surface area contributed by atoms with Crippen LogP contribution in [0.25, 0.3) is 0 Å². The summed E-state index contributed by atoms with van der Waals surface area (Å²) < 4.78 is 5.23. The Hall–Kier alpha value is -0.870. The summed E-state index contributed by atoms with van der Waals surface area (Å²) in [6.07, 6.45) is 3.07. The van der Waals surface area contributed by atoms with Crippen molar-refractivity contribution in [3.05, 3.63) is 22.4 Å². The zero-order valence-corrected chi connectivity index (χ0v) is 12.1. The molecule has 2 N–H and O–H groups in total. The first-order valence-electron chi connectivity index (χ1n) is 6.41. The number of ether oxygens (including phenoxy) is 1.